The normalized spacial score (nSPS) is 11.0. The lowest BCUT2D eigenvalue weighted by Crippen LogP contribution is -2.18. The number of methoxy groups -OCH3 is 1. The SMILES string of the molecule is CCn1ncc(C)c1NC(=O)c1cc2cc(OC)ccc2n1C. The quantitative estimate of drug-likeness (QED) is 0.805. The Morgan fingerprint density at radius 3 is 2.83 bits per heavy atom. The van der Waals surface area contributed by atoms with Gasteiger partial charge in [-0.3, -0.25) is 4.79 Å². The van der Waals surface area contributed by atoms with Crippen LogP contribution in [0.15, 0.2) is 30.5 Å². The molecule has 0 saturated carbocycles. The van der Waals surface area contributed by atoms with Crippen LogP contribution in [0.4, 0.5) is 5.82 Å². The third-order valence-electron chi connectivity index (χ3n) is 4.04. The predicted octanol–water partition coefficient (Wildman–Crippen LogP) is 2.96. The third kappa shape index (κ3) is 2.56. The standard InChI is InChI=1S/C17H20N4O2/c1-5-21-16(11(2)10-18-21)19-17(22)15-9-12-8-13(23-4)6-7-14(12)20(15)3/h6-10H,5H2,1-4H3,(H,19,22). The molecule has 0 unspecified atom stereocenters. The summed E-state index contributed by atoms with van der Waals surface area (Å²) >= 11 is 0. The first-order valence-corrected chi connectivity index (χ1v) is 7.52. The van der Waals surface area contributed by atoms with Crippen LogP contribution in [0.1, 0.15) is 23.0 Å². The highest BCUT2D eigenvalue weighted by Crippen LogP contribution is 2.24. The lowest BCUT2D eigenvalue weighted by atomic mass is 10.2. The average Bonchev–Trinajstić information content (AvgIpc) is 3.08. The van der Waals surface area contributed by atoms with Gasteiger partial charge in [0.2, 0.25) is 0 Å². The van der Waals surface area contributed by atoms with Gasteiger partial charge in [-0.1, -0.05) is 0 Å². The summed E-state index contributed by atoms with van der Waals surface area (Å²) in [5.41, 5.74) is 2.52. The van der Waals surface area contributed by atoms with Crippen molar-refractivity contribution in [3.05, 3.63) is 41.7 Å². The second-order valence-electron chi connectivity index (χ2n) is 5.46. The Morgan fingerprint density at radius 1 is 1.35 bits per heavy atom. The van der Waals surface area contributed by atoms with Gasteiger partial charge < -0.3 is 14.6 Å². The van der Waals surface area contributed by atoms with E-state index in [0.29, 0.717) is 12.2 Å². The number of hydrogen-bond acceptors (Lipinski definition) is 3. The Morgan fingerprint density at radius 2 is 2.13 bits per heavy atom. The Balaban J connectivity index is 1.97. The maximum atomic E-state index is 12.7. The predicted molar refractivity (Wildman–Crippen MR) is 90.1 cm³/mol. The van der Waals surface area contributed by atoms with Crippen molar-refractivity contribution in [3.63, 3.8) is 0 Å². The van der Waals surface area contributed by atoms with Crippen LogP contribution in [-0.4, -0.2) is 27.4 Å². The molecule has 23 heavy (non-hydrogen) atoms. The van der Waals surface area contributed by atoms with E-state index in [4.69, 9.17) is 4.74 Å². The van der Waals surface area contributed by atoms with Gasteiger partial charge in [-0.15, -0.1) is 0 Å². The minimum atomic E-state index is -0.152. The topological polar surface area (TPSA) is 61.1 Å². The van der Waals surface area contributed by atoms with Gasteiger partial charge >= 0.3 is 0 Å². The van der Waals surface area contributed by atoms with E-state index >= 15 is 0 Å². The number of amides is 1. The fourth-order valence-corrected chi connectivity index (χ4v) is 2.73. The molecule has 1 aromatic carbocycles. The van der Waals surface area contributed by atoms with Crippen molar-refractivity contribution in [2.75, 3.05) is 12.4 Å². The summed E-state index contributed by atoms with van der Waals surface area (Å²) in [6.07, 6.45) is 1.76. The van der Waals surface area contributed by atoms with Crippen molar-refractivity contribution in [1.29, 1.82) is 0 Å². The van der Waals surface area contributed by atoms with Gasteiger partial charge in [0.25, 0.3) is 5.91 Å². The first kappa shape index (κ1) is 15.1. The number of rotatable bonds is 4. The maximum absolute atomic E-state index is 12.7. The molecule has 0 saturated heterocycles. The van der Waals surface area contributed by atoms with Crippen molar-refractivity contribution in [2.45, 2.75) is 20.4 Å². The number of nitrogens with zero attached hydrogens (tertiary/aromatic N) is 3. The molecule has 0 aliphatic rings. The largest absolute Gasteiger partial charge is 0.497 e. The Labute approximate surface area is 134 Å². The number of aromatic nitrogens is 3. The molecule has 1 amide bonds. The number of carbonyl (C=O) groups is 1. The van der Waals surface area contributed by atoms with Crippen LogP contribution in [0.5, 0.6) is 5.75 Å². The summed E-state index contributed by atoms with van der Waals surface area (Å²) < 4.78 is 8.90. The van der Waals surface area contributed by atoms with Crippen LogP contribution < -0.4 is 10.1 Å². The van der Waals surface area contributed by atoms with Crippen molar-refractivity contribution >= 4 is 22.6 Å². The molecule has 0 radical (unpaired) electrons. The van der Waals surface area contributed by atoms with E-state index in [1.165, 1.54) is 0 Å². The monoisotopic (exact) mass is 312 g/mol. The Kier molecular flexibility index (Phi) is 3.82. The van der Waals surface area contributed by atoms with Crippen LogP contribution >= 0.6 is 0 Å². The zero-order valence-corrected chi connectivity index (χ0v) is 13.8. The van der Waals surface area contributed by atoms with Gasteiger partial charge in [0.05, 0.1) is 13.3 Å². The maximum Gasteiger partial charge on any atom is 0.273 e. The molecule has 6 heteroatoms. The summed E-state index contributed by atoms with van der Waals surface area (Å²) in [6, 6.07) is 7.63. The highest BCUT2D eigenvalue weighted by Gasteiger charge is 2.16. The van der Waals surface area contributed by atoms with Crippen LogP contribution in [0.25, 0.3) is 10.9 Å². The molecule has 0 atom stereocenters. The molecule has 6 nitrogen and oxygen atoms in total. The minimum absolute atomic E-state index is 0.152. The second kappa shape index (κ2) is 5.79. The van der Waals surface area contributed by atoms with Crippen LogP contribution in [-0.2, 0) is 13.6 Å². The molecular weight excluding hydrogens is 292 g/mol. The van der Waals surface area contributed by atoms with Crippen molar-refractivity contribution in [3.8, 4) is 5.75 Å². The fraction of sp³-hybridized carbons (Fsp3) is 0.294. The van der Waals surface area contributed by atoms with E-state index in [-0.39, 0.29) is 5.91 Å². The van der Waals surface area contributed by atoms with E-state index in [1.807, 2.05) is 49.7 Å². The molecule has 0 aliphatic heterocycles. The molecule has 1 N–H and O–H groups in total. The molecule has 2 heterocycles. The smallest absolute Gasteiger partial charge is 0.273 e. The van der Waals surface area contributed by atoms with Crippen LogP contribution in [0.3, 0.4) is 0 Å². The Hall–Kier alpha value is -2.76. The van der Waals surface area contributed by atoms with Gasteiger partial charge in [-0.2, -0.15) is 5.10 Å². The highest BCUT2D eigenvalue weighted by molar-refractivity contribution is 6.06. The summed E-state index contributed by atoms with van der Waals surface area (Å²) in [5, 5.41) is 8.18. The molecule has 2 aromatic heterocycles. The van der Waals surface area contributed by atoms with Gasteiger partial charge in [0.1, 0.15) is 17.3 Å². The summed E-state index contributed by atoms with van der Waals surface area (Å²) in [5.74, 6) is 1.36. The van der Waals surface area contributed by atoms with Crippen molar-refractivity contribution < 1.29 is 9.53 Å². The first-order valence-electron chi connectivity index (χ1n) is 7.52. The number of fused-ring (bicyclic) bond motifs is 1. The van der Waals surface area contributed by atoms with Gasteiger partial charge in [0, 0.05) is 30.1 Å². The number of carbonyl (C=O) groups excluding carboxylic acids is 1. The van der Waals surface area contributed by atoms with Crippen molar-refractivity contribution in [2.24, 2.45) is 7.05 Å². The van der Waals surface area contributed by atoms with Gasteiger partial charge in [-0.25, -0.2) is 4.68 Å². The first-order chi connectivity index (χ1) is 11.0. The third-order valence-corrected chi connectivity index (χ3v) is 4.04. The van der Waals surface area contributed by atoms with Crippen LogP contribution in [0, 0.1) is 6.92 Å². The zero-order chi connectivity index (χ0) is 16.6. The molecular formula is C17H20N4O2. The summed E-state index contributed by atoms with van der Waals surface area (Å²) in [7, 11) is 3.51. The molecule has 0 aliphatic carbocycles. The molecule has 3 rings (SSSR count). The lowest BCUT2D eigenvalue weighted by molar-refractivity contribution is 0.101. The van der Waals surface area contributed by atoms with E-state index in [9.17, 15) is 4.79 Å². The number of aryl methyl sites for hydroxylation is 3. The molecule has 3 aromatic rings. The summed E-state index contributed by atoms with van der Waals surface area (Å²) in [6.45, 7) is 4.63. The zero-order valence-electron chi connectivity index (χ0n) is 13.8. The van der Waals surface area contributed by atoms with Crippen molar-refractivity contribution in [1.82, 2.24) is 14.3 Å². The molecule has 0 spiro atoms. The van der Waals surface area contributed by atoms with Gasteiger partial charge in [0.15, 0.2) is 0 Å². The molecule has 0 fully saturated rings. The van der Waals surface area contributed by atoms with E-state index in [0.717, 1.165) is 28.0 Å². The minimum Gasteiger partial charge on any atom is -0.497 e. The van der Waals surface area contributed by atoms with Crippen LogP contribution in [0.2, 0.25) is 0 Å². The second-order valence-corrected chi connectivity index (χ2v) is 5.46. The molecule has 0 bridgehead atoms. The lowest BCUT2D eigenvalue weighted by Gasteiger charge is -2.09. The highest BCUT2D eigenvalue weighted by atomic mass is 16.5. The average molecular weight is 312 g/mol. The van der Waals surface area contributed by atoms with E-state index < -0.39 is 0 Å². The number of hydrogen-bond donors (Lipinski definition) is 1. The van der Waals surface area contributed by atoms with E-state index in [1.54, 1.807) is 18.0 Å². The van der Waals surface area contributed by atoms with E-state index in [2.05, 4.69) is 10.4 Å². The number of nitrogens with one attached hydrogen (secondary N) is 1. The number of anilines is 1. The summed E-state index contributed by atoms with van der Waals surface area (Å²) in [4.78, 5) is 12.7. The number of benzene rings is 1. The number of ether oxygens (including phenoxy) is 1. The molecule has 120 valence electrons. The van der Waals surface area contributed by atoms with Gasteiger partial charge in [-0.05, 0) is 38.1 Å². The fourth-order valence-electron chi connectivity index (χ4n) is 2.73. The Bertz CT molecular complexity index is 876.